The molecule has 0 saturated carbocycles. The maximum Gasteiger partial charge on any atom is 0.317 e. The van der Waals surface area contributed by atoms with Crippen molar-refractivity contribution < 1.29 is 4.79 Å². The monoisotopic (exact) mass is 321 g/mol. The number of amides is 2. The first-order valence-electron chi connectivity index (χ1n) is 8.00. The van der Waals surface area contributed by atoms with Crippen LogP contribution in [0.3, 0.4) is 0 Å². The number of carbonyl (C=O) groups excluding carboxylic acids is 1. The molecule has 122 valence electrons. The minimum atomic E-state index is 0.0942. The van der Waals surface area contributed by atoms with Gasteiger partial charge in [-0.2, -0.15) is 11.8 Å². The molecule has 2 amide bonds. The van der Waals surface area contributed by atoms with E-state index in [4.69, 9.17) is 0 Å². The van der Waals surface area contributed by atoms with Gasteiger partial charge in [-0.05, 0) is 31.7 Å². The van der Waals surface area contributed by atoms with Gasteiger partial charge in [-0.15, -0.1) is 0 Å². The third-order valence-electron chi connectivity index (χ3n) is 3.88. The highest BCUT2D eigenvalue weighted by Gasteiger charge is 2.18. The molecule has 22 heavy (non-hydrogen) atoms. The number of urea groups is 1. The highest BCUT2D eigenvalue weighted by molar-refractivity contribution is 7.98. The molecule has 1 aliphatic heterocycles. The average molecular weight is 321 g/mol. The third kappa shape index (κ3) is 5.89. The Balaban J connectivity index is 1.53. The maximum atomic E-state index is 12.0. The zero-order valence-electron chi connectivity index (χ0n) is 13.7. The number of thioether (sulfide) groups is 1. The smallest absolute Gasteiger partial charge is 0.317 e. The van der Waals surface area contributed by atoms with E-state index in [9.17, 15) is 4.79 Å². The Kier molecular flexibility index (Phi) is 7.06. The summed E-state index contributed by atoms with van der Waals surface area (Å²) < 4.78 is 0. The number of hydrogen-bond acceptors (Lipinski definition) is 3. The van der Waals surface area contributed by atoms with Crippen LogP contribution in [0.4, 0.5) is 4.79 Å². The summed E-state index contributed by atoms with van der Waals surface area (Å²) in [7, 11) is 2.10. The van der Waals surface area contributed by atoms with Crippen LogP contribution in [0.2, 0.25) is 0 Å². The molecule has 0 bridgehead atoms. The van der Waals surface area contributed by atoms with E-state index in [2.05, 4.69) is 48.5 Å². The van der Waals surface area contributed by atoms with E-state index in [0.29, 0.717) is 0 Å². The average Bonchev–Trinajstić information content (AvgIpc) is 2.51. The zero-order chi connectivity index (χ0) is 15.8. The van der Waals surface area contributed by atoms with Crippen molar-refractivity contribution in [2.75, 3.05) is 45.5 Å². The molecule has 0 spiro atoms. The lowest BCUT2D eigenvalue weighted by Crippen LogP contribution is -2.50. The van der Waals surface area contributed by atoms with Crippen LogP contribution in [0.1, 0.15) is 17.5 Å². The number of rotatable bonds is 6. The summed E-state index contributed by atoms with van der Waals surface area (Å²) in [6.07, 6.45) is 1.02. The molecule has 0 aliphatic carbocycles. The van der Waals surface area contributed by atoms with Crippen molar-refractivity contribution in [3.05, 3.63) is 35.4 Å². The molecule has 0 unspecified atom stereocenters. The predicted molar refractivity (Wildman–Crippen MR) is 94.4 cm³/mol. The fourth-order valence-electron chi connectivity index (χ4n) is 2.48. The summed E-state index contributed by atoms with van der Waals surface area (Å²) >= 11 is 1.93. The molecule has 1 N–H and O–H groups in total. The van der Waals surface area contributed by atoms with Gasteiger partial charge in [0.1, 0.15) is 0 Å². The molecule has 1 aromatic rings. The fourth-order valence-corrected chi connectivity index (χ4v) is 3.39. The van der Waals surface area contributed by atoms with Crippen LogP contribution in [-0.2, 0) is 5.75 Å². The van der Waals surface area contributed by atoms with Gasteiger partial charge in [0.05, 0.1) is 0 Å². The Labute approximate surface area is 138 Å². The van der Waals surface area contributed by atoms with Crippen molar-refractivity contribution in [3.8, 4) is 0 Å². The molecule has 1 aromatic carbocycles. The highest BCUT2D eigenvalue weighted by Crippen LogP contribution is 2.14. The highest BCUT2D eigenvalue weighted by atomic mass is 32.2. The predicted octanol–water partition coefficient (Wildman–Crippen LogP) is 2.58. The lowest BCUT2D eigenvalue weighted by Gasteiger charge is -2.32. The summed E-state index contributed by atoms with van der Waals surface area (Å²) in [6.45, 7) is 6.52. The first kappa shape index (κ1) is 17.2. The number of carbonyl (C=O) groups is 1. The molecule has 0 aromatic heterocycles. The van der Waals surface area contributed by atoms with E-state index in [1.54, 1.807) is 0 Å². The molecule has 1 heterocycles. The van der Waals surface area contributed by atoms with Crippen LogP contribution in [0.15, 0.2) is 24.3 Å². The van der Waals surface area contributed by atoms with E-state index in [1.807, 2.05) is 16.7 Å². The quantitative estimate of drug-likeness (QED) is 0.818. The minimum Gasteiger partial charge on any atom is -0.338 e. The second kappa shape index (κ2) is 9.06. The van der Waals surface area contributed by atoms with Gasteiger partial charge >= 0.3 is 6.03 Å². The number of piperazine rings is 1. The molecule has 0 atom stereocenters. The Morgan fingerprint density at radius 2 is 2.05 bits per heavy atom. The van der Waals surface area contributed by atoms with Crippen LogP contribution in [-0.4, -0.2) is 61.4 Å². The molecule has 1 aliphatic rings. The molecular formula is C17H27N3OS. The molecular weight excluding hydrogens is 294 g/mol. The van der Waals surface area contributed by atoms with E-state index in [0.717, 1.165) is 50.7 Å². The van der Waals surface area contributed by atoms with Crippen LogP contribution >= 0.6 is 11.8 Å². The maximum absolute atomic E-state index is 12.0. The fraction of sp³-hybridized carbons (Fsp3) is 0.588. The van der Waals surface area contributed by atoms with Gasteiger partial charge in [0.15, 0.2) is 0 Å². The van der Waals surface area contributed by atoms with Crippen LogP contribution < -0.4 is 5.32 Å². The summed E-state index contributed by atoms with van der Waals surface area (Å²) in [5, 5.41) is 3.03. The third-order valence-corrected chi connectivity index (χ3v) is 5.00. The SMILES string of the molecule is Cc1cccc(CSCCCNC(=O)N2CCN(C)CC2)c1. The molecule has 4 nitrogen and oxygen atoms in total. The first-order chi connectivity index (χ1) is 10.6. The van der Waals surface area contributed by atoms with Crippen molar-refractivity contribution in [2.45, 2.75) is 19.1 Å². The van der Waals surface area contributed by atoms with E-state index >= 15 is 0 Å². The van der Waals surface area contributed by atoms with Crippen LogP contribution in [0, 0.1) is 6.92 Å². The Bertz CT molecular complexity index is 473. The zero-order valence-corrected chi connectivity index (χ0v) is 14.5. The van der Waals surface area contributed by atoms with Crippen molar-refractivity contribution in [3.63, 3.8) is 0 Å². The van der Waals surface area contributed by atoms with E-state index in [-0.39, 0.29) is 6.03 Å². The molecule has 5 heteroatoms. The van der Waals surface area contributed by atoms with Gasteiger partial charge in [-0.3, -0.25) is 0 Å². The molecule has 2 rings (SSSR count). The number of likely N-dealkylation sites (N-methyl/N-ethyl adjacent to an activating group) is 1. The summed E-state index contributed by atoms with van der Waals surface area (Å²) in [5.74, 6) is 2.13. The van der Waals surface area contributed by atoms with Gasteiger partial charge < -0.3 is 15.1 Å². The number of aryl methyl sites for hydroxylation is 1. The lowest BCUT2D eigenvalue weighted by molar-refractivity contribution is 0.154. The van der Waals surface area contributed by atoms with Gasteiger partial charge in [-0.25, -0.2) is 4.79 Å². The Hall–Kier alpha value is -1.20. The second-order valence-corrected chi connectivity index (χ2v) is 7.02. The van der Waals surface area contributed by atoms with Crippen molar-refractivity contribution in [1.82, 2.24) is 15.1 Å². The summed E-state index contributed by atoms with van der Waals surface area (Å²) in [4.78, 5) is 16.2. The van der Waals surface area contributed by atoms with Crippen LogP contribution in [0.5, 0.6) is 0 Å². The van der Waals surface area contributed by atoms with Gasteiger partial charge in [-0.1, -0.05) is 29.8 Å². The van der Waals surface area contributed by atoms with Crippen molar-refractivity contribution in [2.24, 2.45) is 0 Å². The van der Waals surface area contributed by atoms with E-state index < -0.39 is 0 Å². The first-order valence-corrected chi connectivity index (χ1v) is 9.15. The Morgan fingerprint density at radius 1 is 1.27 bits per heavy atom. The topological polar surface area (TPSA) is 35.6 Å². The second-order valence-electron chi connectivity index (χ2n) is 5.92. The minimum absolute atomic E-state index is 0.0942. The van der Waals surface area contributed by atoms with Gasteiger partial charge in [0.2, 0.25) is 0 Å². The lowest BCUT2D eigenvalue weighted by atomic mass is 10.2. The standard InChI is InChI=1S/C17H27N3OS/c1-15-5-3-6-16(13-15)14-22-12-4-7-18-17(21)20-10-8-19(2)9-11-20/h3,5-6,13H,4,7-12,14H2,1-2H3,(H,18,21). The number of benzene rings is 1. The van der Waals surface area contributed by atoms with Gasteiger partial charge in [0, 0.05) is 38.5 Å². The van der Waals surface area contributed by atoms with Crippen molar-refractivity contribution in [1.29, 1.82) is 0 Å². The summed E-state index contributed by atoms with van der Waals surface area (Å²) in [6, 6.07) is 8.75. The number of nitrogens with zero attached hydrogens (tertiary/aromatic N) is 2. The van der Waals surface area contributed by atoms with Crippen LogP contribution in [0.25, 0.3) is 0 Å². The summed E-state index contributed by atoms with van der Waals surface area (Å²) in [5.41, 5.74) is 2.70. The molecule has 1 saturated heterocycles. The Morgan fingerprint density at radius 3 is 2.77 bits per heavy atom. The van der Waals surface area contributed by atoms with Gasteiger partial charge in [0.25, 0.3) is 0 Å². The van der Waals surface area contributed by atoms with Crippen molar-refractivity contribution >= 4 is 17.8 Å². The molecule has 1 fully saturated rings. The number of nitrogens with one attached hydrogen (secondary N) is 1. The normalized spacial score (nSPS) is 15.8. The number of hydrogen-bond donors (Lipinski definition) is 1. The van der Waals surface area contributed by atoms with E-state index in [1.165, 1.54) is 11.1 Å². The molecule has 0 radical (unpaired) electrons. The largest absolute Gasteiger partial charge is 0.338 e.